The molecule has 18 nitrogen and oxygen atoms in total. The Morgan fingerprint density at radius 1 is 0.222 bits per heavy atom. The molecule has 0 aromatic heterocycles. The van der Waals surface area contributed by atoms with Crippen LogP contribution in [0.1, 0.15) is 273 Å². The molecule has 0 aliphatic rings. The van der Waals surface area contributed by atoms with E-state index < -0.39 is 72.4 Å². The summed E-state index contributed by atoms with van der Waals surface area (Å²) in [5, 5.41) is 102. The molecule has 0 rings (SSSR count). The Balaban J connectivity index is -0.000000185. The van der Waals surface area contributed by atoms with Crippen LogP contribution in [0.25, 0.3) is 0 Å². The van der Waals surface area contributed by atoms with E-state index in [-0.39, 0.29) is 6.42 Å². The molecule has 432 valence electrons. The highest BCUT2D eigenvalue weighted by molar-refractivity contribution is 5.73. The summed E-state index contributed by atoms with van der Waals surface area (Å²) in [7, 11) is 0. The van der Waals surface area contributed by atoms with Gasteiger partial charge in [0.2, 0.25) is 0 Å². The third kappa shape index (κ3) is 73.1. The Morgan fingerprint density at radius 3 is 0.500 bits per heavy atom. The maximum atomic E-state index is 10.3. The van der Waals surface area contributed by atoms with Gasteiger partial charge in [0.15, 0.2) is 36.6 Å². The monoisotopic (exact) mass is 1040 g/mol. The zero-order valence-electron chi connectivity index (χ0n) is 45.7. The van der Waals surface area contributed by atoms with Crippen molar-refractivity contribution in [3.8, 4) is 0 Å². The van der Waals surface area contributed by atoms with Gasteiger partial charge in [-0.3, -0.25) is 0 Å². The van der Waals surface area contributed by atoms with E-state index in [4.69, 9.17) is 61.3 Å². The van der Waals surface area contributed by atoms with Crippen molar-refractivity contribution in [2.45, 2.75) is 309 Å². The molecule has 6 atom stereocenters. The normalized spacial score (nSPS) is 12.8. The molecule has 0 aromatic rings. The smallest absolute Gasteiger partial charge is 0.332 e. The summed E-state index contributed by atoms with van der Waals surface area (Å²) >= 11 is 0. The van der Waals surface area contributed by atoms with Gasteiger partial charge < -0.3 is 61.3 Å². The van der Waals surface area contributed by atoms with Crippen LogP contribution in [0.15, 0.2) is 0 Å². The molecule has 0 radical (unpaired) electrons. The van der Waals surface area contributed by atoms with E-state index >= 15 is 0 Å². The second-order valence-corrected chi connectivity index (χ2v) is 18.3. The SMILES string of the molecule is CCC(O)C(=O)O.CCCCC(O)C(=O)O.CCCCCCC(O)C(=O)O.CCCCCCCCC(O)C(=O)O.CCCCCCCCCCC(O)C(=O)O.CCCCCCCCCCCCC(O)C(=O)O. The van der Waals surface area contributed by atoms with Gasteiger partial charge in [0, 0.05) is 0 Å². The van der Waals surface area contributed by atoms with Crippen molar-refractivity contribution in [1.29, 1.82) is 0 Å². The number of hydrogen-bond acceptors (Lipinski definition) is 12. The molecule has 0 aromatic carbocycles. The minimum absolute atomic E-state index is 0.273. The Morgan fingerprint density at radius 2 is 0.361 bits per heavy atom. The summed E-state index contributed by atoms with van der Waals surface area (Å²) in [6.07, 6.45) is 29.4. The summed E-state index contributed by atoms with van der Waals surface area (Å²) < 4.78 is 0. The minimum atomic E-state index is -1.18. The van der Waals surface area contributed by atoms with Crippen LogP contribution >= 0.6 is 0 Å². The second kappa shape index (κ2) is 63.7. The third-order valence-electron chi connectivity index (χ3n) is 11.3. The molecule has 18 heteroatoms. The maximum absolute atomic E-state index is 10.3. The summed E-state index contributed by atoms with van der Waals surface area (Å²) in [4.78, 5) is 60.6. The fraction of sp³-hybridized carbons (Fsp3) is 0.889. The summed E-state index contributed by atoms with van der Waals surface area (Å²) in [6.45, 7) is 12.2. The average molecular weight is 1050 g/mol. The summed E-state index contributed by atoms with van der Waals surface area (Å²) in [5.41, 5.74) is 0. The molecular weight excluding hydrogens is 937 g/mol. The van der Waals surface area contributed by atoms with Crippen LogP contribution in [-0.2, 0) is 28.8 Å². The van der Waals surface area contributed by atoms with Gasteiger partial charge in [0.1, 0.15) is 0 Å². The molecular formula is C54H108O18. The molecule has 0 amide bonds. The van der Waals surface area contributed by atoms with Crippen LogP contribution in [0.4, 0.5) is 0 Å². The van der Waals surface area contributed by atoms with Crippen molar-refractivity contribution in [2.75, 3.05) is 0 Å². The number of aliphatic hydroxyl groups is 6. The Bertz CT molecular complexity index is 1200. The summed E-state index contributed by atoms with van der Waals surface area (Å²) in [6, 6.07) is 0. The average Bonchev–Trinajstić information content (AvgIpc) is 3.34. The number of aliphatic carboxylic acids is 6. The predicted octanol–water partition coefficient (Wildman–Crippen LogP) is 10.8. The lowest BCUT2D eigenvalue weighted by Crippen LogP contribution is -2.18. The lowest BCUT2D eigenvalue weighted by atomic mass is 10.0. The van der Waals surface area contributed by atoms with Crippen LogP contribution in [0.3, 0.4) is 0 Å². The lowest BCUT2D eigenvalue weighted by molar-refractivity contribution is -0.147. The Hall–Kier alpha value is -3.42. The standard InChI is InChI=1S/C14H28O3.C12H24O3.C10H20O3.C8H16O3.C6H12O3.C4H8O3/c1-2-3-4-5-6-7-8-9-10-11-12-13(15)14(16)17;1-2-3-4-5-6-7-8-9-10-11(13)12(14)15;1-2-3-4-5-6-7-8-9(11)10(12)13;1-2-3-4-5-6-7(9)8(10)11;1-2-3-4-5(7)6(8)9;1-2-3(5)4(6)7/h13,15H,2-12H2,1H3,(H,16,17);11,13H,2-10H2,1H3,(H,14,15);9,11H,2-8H2,1H3,(H,12,13);7,9H,2-6H2,1H3,(H,10,11);5,7H,2-4H2,1H3,(H,8,9);3,5H,2H2,1H3,(H,6,7). The molecule has 0 aliphatic heterocycles. The topological polar surface area (TPSA) is 345 Å². The van der Waals surface area contributed by atoms with Gasteiger partial charge >= 0.3 is 35.8 Å². The van der Waals surface area contributed by atoms with Crippen molar-refractivity contribution >= 4 is 35.8 Å². The molecule has 0 heterocycles. The molecule has 0 spiro atoms. The van der Waals surface area contributed by atoms with E-state index in [1.54, 1.807) is 6.92 Å². The maximum Gasteiger partial charge on any atom is 0.332 e. The molecule has 0 fully saturated rings. The fourth-order valence-corrected chi connectivity index (χ4v) is 6.37. The molecule has 0 bridgehead atoms. The van der Waals surface area contributed by atoms with E-state index in [0.717, 1.165) is 89.9 Å². The van der Waals surface area contributed by atoms with E-state index in [2.05, 4.69) is 27.7 Å². The Labute approximate surface area is 434 Å². The van der Waals surface area contributed by atoms with Crippen molar-refractivity contribution in [1.82, 2.24) is 0 Å². The van der Waals surface area contributed by atoms with E-state index in [1.807, 2.05) is 6.92 Å². The molecule has 12 N–H and O–H groups in total. The molecule has 0 saturated carbocycles. The Kier molecular flexibility index (Phi) is 70.8. The van der Waals surface area contributed by atoms with Crippen molar-refractivity contribution in [3.63, 3.8) is 0 Å². The number of rotatable bonds is 42. The number of hydrogen-bond donors (Lipinski definition) is 12. The summed E-state index contributed by atoms with van der Waals surface area (Å²) in [5.74, 6) is -6.68. The quantitative estimate of drug-likeness (QED) is 0.0253. The highest BCUT2D eigenvalue weighted by Crippen LogP contribution is 2.13. The van der Waals surface area contributed by atoms with Crippen molar-refractivity contribution < 1.29 is 90.0 Å². The van der Waals surface area contributed by atoms with Crippen LogP contribution in [-0.4, -0.2) is 134 Å². The van der Waals surface area contributed by atoms with Gasteiger partial charge in [-0.25, -0.2) is 28.8 Å². The number of carboxylic acid groups (broad SMARTS) is 6. The number of aliphatic hydroxyl groups excluding tert-OH is 6. The van der Waals surface area contributed by atoms with Crippen LogP contribution < -0.4 is 0 Å². The first-order valence-corrected chi connectivity index (χ1v) is 27.5. The first kappa shape index (κ1) is 80.0. The van der Waals surface area contributed by atoms with Gasteiger partial charge in [-0.1, -0.05) is 234 Å². The highest BCUT2D eigenvalue weighted by atomic mass is 16.4. The van der Waals surface area contributed by atoms with Gasteiger partial charge in [0.05, 0.1) is 0 Å². The second-order valence-electron chi connectivity index (χ2n) is 18.3. The van der Waals surface area contributed by atoms with Gasteiger partial charge in [-0.15, -0.1) is 0 Å². The minimum Gasteiger partial charge on any atom is -0.479 e. The van der Waals surface area contributed by atoms with Crippen LogP contribution in [0, 0.1) is 0 Å². The van der Waals surface area contributed by atoms with Gasteiger partial charge in [0.25, 0.3) is 0 Å². The highest BCUT2D eigenvalue weighted by Gasteiger charge is 2.14. The van der Waals surface area contributed by atoms with Crippen LogP contribution in [0.5, 0.6) is 0 Å². The third-order valence-corrected chi connectivity index (χ3v) is 11.3. The van der Waals surface area contributed by atoms with Gasteiger partial charge in [-0.05, 0) is 38.5 Å². The van der Waals surface area contributed by atoms with Crippen molar-refractivity contribution in [3.05, 3.63) is 0 Å². The van der Waals surface area contributed by atoms with E-state index in [9.17, 15) is 28.8 Å². The largest absolute Gasteiger partial charge is 0.479 e. The first-order chi connectivity index (χ1) is 34.1. The van der Waals surface area contributed by atoms with Gasteiger partial charge in [-0.2, -0.15) is 0 Å². The predicted molar refractivity (Wildman–Crippen MR) is 282 cm³/mol. The van der Waals surface area contributed by atoms with E-state index in [1.165, 1.54) is 103 Å². The zero-order valence-corrected chi connectivity index (χ0v) is 45.7. The fourth-order valence-electron chi connectivity index (χ4n) is 6.37. The number of unbranched alkanes of at least 4 members (excludes halogenated alkanes) is 25. The molecule has 6 unspecified atom stereocenters. The number of carbonyl (C=O) groups is 6. The van der Waals surface area contributed by atoms with Crippen LogP contribution in [0.2, 0.25) is 0 Å². The molecule has 72 heavy (non-hydrogen) atoms. The number of carboxylic acids is 6. The molecule has 0 aliphatic carbocycles. The van der Waals surface area contributed by atoms with E-state index in [0.29, 0.717) is 32.1 Å². The molecule has 0 saturated heterocycles. The lowest BCUT2D eigenvalue weighted by Gasteiger charge is -2.05. The first-order valence-electron chi connectivity index (χ1n) is 27.5. The van der Waals surface area contributed by atoms with Crippen molar-refractivity contribution in [2.24, 2.45) is 0 Å². The zero-order chi connectivity index (χ0) is 56.4.